The lowest BCUT2D eigenvalue weighted by molar-refractivity contribution is 0.202. The fourth-order valence-electron chi connectivity index (χ4n) is 2.61. The van der Waals surface area contributed by atoms with Crippen LogP contribution in [0.2, 0.25) is 0 Å². The number of likely N-dealkylation sites (tertiary alicyclic amines) is 1. The summed E-state index contributed by atoms with van der Waals surface area (Å²) in [6.07, 6.45) is 2.21. The Morgan fingerprint density at radius 3 is 3.24 bits per heavy atom. The maximum atomic E-state index is 8.73. The van der Waals surface area contributed by atoms with Gasteiger partial charge in [0.15, 0.2) is 5.82 Å². The summed E-state index contributed by atoms with van der Waals surface area (Å²) < 4.78 is 5.32. The van der Waals surface area contributed by atoms with Crippen LogP contribution in [-0.2, 0) is 6.54 Å². The minimum Gasteiger partial charge on any atom is -0.384 e. The lowest BCUT2D eigenvalue weighted by atomic mass is 10.2. The molecule has 110 valence electrons. The molecule has 0 amide bonds. The molecule has 0 radical (unpaired) electrons. The lowest BCUT2D eigenvalue weighted by Gasteiger charge is -2.20. The van der Waals surface area contributed by atoms with Gasteiger partial charge in [-0.2, -0.15) is 4.98 Å². The van der Waals surface area contributed by atoms with Gasteiger partial charge < -0.3 is 9.63 Å². The van der Waals surface area contributed by atoms with Crippen molar-refractivity contribution in [3.63, 3.8) is 0 Å². The summed E-state index contributed by atoms with van der Waals surface area (Å²) in [5.74, 6) is 7.02. The van der Waals surface area contributed by atoms with Gasteiger partial charge >= 0.3 is 0 Å². The topological polar surface area (TPSA) is 62.4 Å². The van der Waals surface area contributed by atoms with Gasteiger partial charge in [0.2, 0.25) is 5.89 Å². The zero-order valence-electron chi connectivity index (χ0n) is 11.9. The van der Waals surface area contributed by atoms with Crippen LogP contribution in [0.15, 0.2) is 16.0 Å². The average molecular weight is 303 g/mol. The SMILES string of the molecule is Cc1noc(C2CCCN2Cc2cc(C#CCO)cs2)n1. The molecule has 3 heterocycles. The summed E-state index contributed by atoms with van der Waals surface area (Å²) in [6.45, 7) is 3.66. The maximum absolute atomic E-state index is 8.73. The minimum atomic E-state index is -0.101. The molecule has 1 fully saturated rings. The molecule has 21 heavy (non-hydrogen) atoms. The Labute approximate surface area is 127 Å². The van der Waals surface area contributed by atoms with E-state index in [1.807, 2.05) is 12.3 Å². The number of hydrogen-bond donors (Lipinski definition) is 1. The second kappa shape index (κ2) is 6.39. The predicted octanol–water partition coefficient (Wildman–Crippen LogP) is 2.12. The van der Waals surface area contributed by atoms with Crippen molar-refractivity contribution in [1.82, 2.24) is 15.0 Å². The summed E-state index contributed by atoms with van der Waals surface area (Å²) in [7, 11) is 0. The third-order valence-corrected chi connectivity index (χ3v) is 4.44. The predicted molar refractivity (Wildman–Crippen MR) is 79.7 cm³/mol. The molecule has 1 unspecified atom stereocenters. The summed E-state index contributed by atoms with van der Waals surface area (Å²) >= 11 is 1.70. The van der Waals surface area contributed by atoms with Gasteiger partial charge in [-0.1, -0.05) is 17.0 Å². The van der Waals surface area contributed by atoms with E-state index in [1.165, 1.54) is 4.88 Å². The largest absolute Gasteiger partial charge is 0.384 e. The second-order valence-corrected chi connectivity index (χ2v) is 6.07. The normalized spacial score (nSPS) is 18.7. The number of nitrogens with zero attached hydrogens (tertiary/aromatic N) is 3. The number of aryl methyl sites for hydroxylation is 1. The van der Waals surface area contributed by atoms with Crippen LogP contribution < -0.4 is 0 Å². The molecular weight excluding hydrogens is 286 g/mol. The average Bonchev–Trinajstić information content (AvgIpc) is 3.18. The van der Waals surface area contributed by atoms with Crippen molar-refractivity contribution in [2.45, 2.75) is 32.4 Å². The van der Waals surface area contributed by atoms with Crippen molar-refractivity contribution in [3.8, 4) is 11.8 Å². The van der Waals surface area contributed by atoms with Crippen LogP contribution in [0.4, 0.5) is 0 Å². The van der Waals surface area contributed by atoms with Crippen LogP contribution in [-0.4, -0.2) is 33.3 Å². The molecule has 3 rings (SSSR count). The van der Waals surface area contributed by atoms with Crippen LogP contribution in [0.25, 0.3) is 0 Å². The Morgan fingerprint density at radius 1 is 1.57 bits per heavy atom. The third-order valence-electron chi connectivity index (χ3n) is 3.52. The van der Waals surface area contributed by atoms with Crippen LogP contribution in [0.5, 0.6) is 0 Å². The van der Waals surface area contributed by atoms with Crippen LogP contribution >= 0.6 is 11.3 Å². The first-order valence-corrected chi connectivity index (χ1v) is 7.85. The van der Waals surface area contributed by atoms with Gasteiger partial charge in [0, 0.05) is 22.4 Å². The zero-order chi connectivity index (χ0) is 14.7. The molecule has 1 aliphatic rings. The maximum Gasteiger partial charge on any atom is 0.243 e. The highest BCUT2D eigenvalue weighted by Crippen LogP contribution is 2.33. The molecule has 1 N–H and O–H groups in total. The van der Waals surface area contributed by atoms with Crippen molar-refractivity contribution < 1.29 is 9.63 Å². The molecule has 2 aromatic heterocycles. The Kier molecular flexibility index (Phi) is 4.34. The summed E-state index contributed by atoms with van der Waals surface area (Å²) in [4.78, 5) is 8.01. The van der Waals surface area contributed by atoms with Gasteiger partial charge in [-0.05, 0) is 32.4 Å². The molecule has 0 aromatic carbocycles. The van der Waals surface area contributed by atoms with Gasteiger partial charge in [-0.25, -0.2) is 0 Å². The smallest absolute Gasteiger partial charge is 0.243 e. The van der Waals surface area contributed by atoms with Crippen molar-refractivity contribution >= 4 is 11.3 Å². The van der Waals surface area contributed by atoms with Crippen LogP contribution in [0.1, 0.15) is 41.0 Å². The first kappa shape index (κ1) is 14.3. The summed E-state index contributed by atoms with van der Waals surface area (Å²) in [5, 5.41) is 14.6. The van der Waals surface area contributed by atoms with E-state index in [1.54, 1.807) is 11.3 Å². The molecule has 0 spiro atoms. The highest BCUT2D eigenvalue weighted by Gasteiger charge is 2.30. The van der Waals surface area contributed by atoms with E-state index < -0.39 is 0 Å². The van der Waals surface area contributed by atoms with Crippen LogP contribution in [0, 0.1) is 18.8 Å². The van der Waals surface area contributed by atoms with E-state index in [9.17, 15) is 0 Å². The Bertz CT molecular complexity index is 668. The van der Waals surface area contributed by atoms with Crippen molar-refractivity contribution in [2.24, 2.45) is 0 Å². The molecular formula is C15H17N3O2S. The molecule has 1 saturated heterocycles. The van der Waals surface area contributed by atoms with E-state index in [-0.39, 0.29) is 12.6 Å². The Morgan fingerprint density at radius 2 is 2.48 bits per heavy atom. The monoisotopic (exact) mass is 303 g/mol. The van der Waals surface area contributed by atoms with E-state index in [2.05, 4.69) is 32.9 Å². The standard InChI is InChI=1S/C15H17N3O2S/c1-11-16-15(20-17-11)14-5-2-6-18(14)9-13-8-12(10-21-13)4-3-7-19/h8,10,14,19H,2,5-7,9H2,1H3. The third kappa shape index (κ3) is 3.32. The number of hydrogen-bond acceptors (Lipinski definition) is 6. The molecule has 2 aromatic rings. The number of thiophene rings is 1. The minimum absolute atomic E-state index is 0.101. The van der Waals surface area contributed by atoms with Gasteiger partial charge in [-0.15, -0.1) is 11.3 Å². The molecule has 0 bridgehead atoms. The first-order chi connectivity index (χ1) is 10.3. The number of aliphatic hydroxyl groups is 1. The molecule has 0 saturated carbocycles. The van der Waals surface area contributed by atoms with Crippen LogP contribution in [0.3, 0.4) is 0 Å². The molecule has 6 heteroatoms. The molecule has 1 atom stereocenters. The molecule has 5 nitrogen and oxygen atoms in total. The second-order valence-electron chi connectivity index (χ2n) is 5.07. The summed E-state index contributed by atoms with van der Waals surface area (Å²) in [6, 6.07) is 2.31. The van der Waals surface area contributed by atoms with E-state index in [0.29, 0.717) is 5.82 Å². The number of aliphatic hydroxyl groups excluding tert-OH is 1. The van der Waals surface area contributed by atoms with E-state index >= 15 is 0 Å². The Balaban J connectivity index is 1.70. The fourth-order valence-corrected chi connectivity index (χ4v) is 3.46. The van der Waals surface area contributed by atoms with Crippen molar-refractivity contribution in [1.29, 1.82) is 0 Å². The van der Waals surface area contributed by atoms with Gasteiger partial charge in [0.1, 0.15) is 6.61 Å². The van der Waals surface area contributed by atoms with Gasteiger partial charge in [0.25, 0.3) is 0 Å². The van der Waals surface area contributed by atoms with Gasteiger partial charge in [-0.3, -0.25) is 4.90 Å². The summed E-state index contributed by atoms with van der Waals surface area (Å²) in [5.41, 5.74) is 0.966. The fraction of sp³-hybridized carbons (Fsp3) is 0.467. The van der Waals surface area contributed by atoms with Gasteiger partial charge in [0.05, 0.1) is 6.04 Å². The number of aromatic nitrogens is 2. The van der Waals surface area contributed by atoms with Crippen molar-refractivity contribution in [3.05, 3.63) is 33.6 Å². The van der Waals surface area contributed by atoms with E-state index in [4.69, 9.17) is 9.63 Å². The molecule has 0 aliphatic carbocycles. The first-order valence-electron chi connectivity index (χ1n) is 6.97. The number of rotatable bonds is 3. The quantitative estimate of drug-likeness (QED) is 0.880. The Hall–Kier alpha value is -1.68. The molecule has 1 aliphatic heterocycles. The van der Waals surface area contributed by atoms with E-state index in [0.717, 1.165) is 37.4 Å². The zero-order valence-corrected chi connectivity index (χ0v) is 12.7. The van der Waals surface area contributed by atoms with Crippen molar-refractivity contribution in [2.75, 3.05) is 13.2 Å². The highest BCUT2D eigenvalue weighted by molar-refractivity contribution is 7.10. The highest BCUT2D eigenvalue weighted by atomic mass is 32.1. The lowest BCUT2D eigenvalue weighted by Crippen LogP contribution is -2.22.